The molecule has 6 N–H and O–H groups in total. The minimum Gasteiger partial charge on any atom is -0.504 e. The molecule has 3 atom stereocenters. The van der Waals surface area contributed by atoms with Crippen molar-refractivity contribution in [3.05, 3.63) is 88.9 Å². The molecule has 0 bridgehead atoms. The molecule has 316 valence electrons. The van der Waals surface area contributed by atoms with Crippen molar-refractivity contribution in [3.8, 4) is 11.5 Å². The molecule has 0 saturated heterocycles. The maximum atomic E-state index is 14.5. The van der Waals surface area contributed by atoms with Gasteiger partial charge in [0.25, 0.3) is 0 Å². The van der Waals surface area contributed by atoms with Gasteiger partial charge in [-0.25, -0.2) is 4.39 Å². The average Bonchev–Trinajstić information content (AvgIpc) is 3.57. The highest BCUT2D eigenvalue weighted by Gasteiger charge is 2.46. The summed E-state index contributed by atoms with van der Waals surface area (Å²) < 4.78 is 61.1. The third-order valence-electron chi connectivity index (χ3n) is 9.91. The maximum Gasteiger partial charge on any atom is 0.418 e. The smallest absolute Gasteiger partial charge is 0.418 e. The predicted octanol–water partition coefficient (Wildman–Crippen LogP) is 8.55. The number of para-hydroxylation sites is 1. The lowest BCUT2D eigenvalue weighted by atomic mass is 9.78. The third kappa shape index (κ3) is 11.9. The molecule has 1 aliphatic rings. The molecule has 4 aromatic rings. The fourth-order valence-electron chi connectivity index (χ4n) is 6.40. The maximum absolute atomic E-state index is 14.5. The number of hydrogen-bond acceptors (Lipinski definition) is 6. The van der Waals surface area contributed by atoms with Gasteiger partial charge in [0, 0.05) is 29.3 Å². The van der Waals surface area contributed by atoms with Crippen LogP contribution in [0.1, 0.15) is 89.6 Å². The van der Waals surface area contributed by atoms with E-state index in [1.54, 1.807) is 18.2 Å². The summed E-state index contributed by atoms with van der Waals surface area (Å²) in [6.07, 6.45) is -1.77. The number of phenolic OH excluding ortho intramolecular Hbond substituents is 1. The number of carbonyl (C=O) groups is 3. The van der Waals surface area contributed by atoms with Gasteiger partial charge in [0.05, 0.1) is 37.2 Å². The van der Waals surface area contributed by atoms with Crippen LogP contribution in [-0.4, -0.2) is 58.0 Å². The number of phenols is 1. The van der Waals surface area contributed by atoms with E-state index in [0.717, 1.165) is 6.07 Å². The Labute approximate surface area is 342 Å². The zero-order chi connectivity index (χ0) is 43.2. The molecule has 3 amide bonds. The number of fused-ring (bicyclic) bond motifs is 3. The number of anilines is 1. The Balaban J connectivity index is 0.00000141. The van der Waals surface area contributed by atoms with Gasteiger partial charge >= 0.3 is 6.18 Å². The van der Waals surface area contributed by atoms with E-state index in [2.05, 4.69) is 40.1 Å². The number of aromatic amines is 1. The highest BCUT2D eigenvalue weighted by atomic mass is 32.1. The van der Waals surface area contributed by atoms with Crippen LogP contribution in [0.15, 0.2) is 60.7 Å². The number of H-pyrrole nitrogens is 1. The Morgan fingerprint density at radius 2 is 1.69 bits per heavy atom. The van der Waals surface area contributed by atoms with Gasteiger partial charge in [-0.1, -0.05) is 103 Å². The molecule has 1 aromatic heterocycles. The van der Waals surface area contributed by atoms with Gasteiger partial charge in [-0.05, 0) is 54.2 Å². The lowest BCUT2D eigenvalue weighted by Gasteiger charge is -2.39. The van der Waals surface area contributed by atoms with Crippen LogP contribution < -0.4 is 26.0 Å². The number of aromatic nitrogens is 1. The molecule has 0 fully saturated rings. The van der Waals surface area contributed by atoms with Gasteiger partial charge < -0.3 is 36.1 Å². The summed E-state index contributed by atoms with van der Waals surface area (Å²) >= 11 is 5.73. The molecule has 1 unspecified atom stereocenters. The van der Waals surface area contributed by atoms with Crippen LogP contribution in [0.4, 0.5) is 23.2 Å². The van der Waals surface area contributed by atoms with Crippen LogP contribution in [0.5, 0.6) is 11.5 Å². The number of aromatic hydroxyl groups is 1. The predicted molar refractivity (Wildman–Crippen MR) is 224 cm³/mol. The van der Waals surface area contributed by atoms with Crippen molar-refractivity contribution < 1.29 is 41.8 Å². The molecule has 58 heavy (non-hydrogen) atoms. The first-order valence-electron chi connectivity index (χ1n) is 19.6. The summed E-state index contributed by atoms with van der Waals surface area (Å²) in [6, 6.07) is 13.3. The van der Waals surface area contributed by atoms with Gasteiger partial charge in [-0.2, -0.15) is 13.2 Å². The van der Waals surface area contributed by atoms with Crippen molar-refractivity contribution in [1.29, 1.82) is 0 Å². The standard InChI is InChI=1S/C37H39F4N5O5S.C4H10.C2H6/c1-4-20(2)32(34(52)43-22-12-13-29(51-3)28(47)17-22)45-35(50)36(46-31(49)19-42-30(48)16-21-8-5-6-11-26(21)38)15-14-27-24(18-36)23-9-7-10-25(33(23)44-27)37(39,40)41;1-3-4-2;1-2/h5-13,17,20,32,44,47H,4,14-16,18-19H2,1-3H3,(H,42,48)(H,43,52)(H,45,50)(H,46,49);3-4H2,1-2H3;1-2H3/t20-,32?,36+;;/m0../s1. The summed E-state index contributed by atoms with van der Waals surface area (Å²) in [5, 5.41) is 21.8. The normalized spacial score (nSPS) is 15.6. The molecule has 0 spiro atoms. The highest BCUT2D eigenvalue weighted by Crippen LogP contribution is 2.40. The fourth-order valence-corrected chi connectivity index (χ4v) is 6.81. The lowest BCUT2D eigenvalue weighted by molar-refractivity contribution is -0.136. The van der Waals surface area contributed by atoms with Gasteiger partial charge in [-0.15, -0.1) is 0 Å². The number of alkyl halides is 3. The number of aryl methyl sites for hydroxylation is 1. The molecular weight excluding hydrogens is 775 g/mol. The number of benzene rings is 3. The van der Waals surface area contributed by atoms with Crippen molar-refractivity contribution in [1.82, 2.24) is 20.9 Å². The quantitative estimate of drug-likeness (QED) is 0.0586. The van der Waals surface area contributed by atoms with E-state index >= 15 is 0 Å². The number of amides is 3. The first-order valence-corrected chi connectivity index (χ1v) is 20.0. The van der Waals surface area contributed by atoms with Gasteiger partial charge in [-0.3, -0.25) is 14.4 Å². The summed E-state index contributed by atoms with van der Waals surface area (Å²) in [4.78, 5) is 43.7. The number of rotatable bonds is 13. The Morgan fingerprint density at radius 1 is 1.00 bits per heavy atom. The number of methoxy groups -OCH3 is 1. The second-order valence-corrected chi connectivity index (χ2v) is 14.3. The number of unbranched alkanes of at least 4 members (excludes halogenated alkanes) is 1. The molecule has 1 aliphatic carbocycles. The Kier molecular flexibility index (Phi) is 17.5. The van der Waals surface area contributed by atoms with Crippen LogP contribution >= 0.6 is 12.2 Å². The number of hydrogen-bond donors (Lipinski definition) is 6. The Bertz CT molecular complexity index is 2040. The van der Waals surface area contributed by atoms with E-state index in [0.29, 0.717) is 23.4 Å². The number of nitrogens with one attached hydrogen (secondary N) is 5. The Hall–Kier alpha value is -5.18. The van der Waals surface area contributed by atoms with Crippen LogP contribution in [0, 0.1) is 11.7 Å². The third-order valence-corrected chi connectivity index (χ3v) is 10.3. The molecular formula is C43H55F4N5O5S. The monoisotopic (exact) mass is 829 g/mol. The number of halogens is 4. The second kappa shape index (κ2) is 21.5. The van der Waals surface area contributed by atoms with E-state index in [1.807, 2.05) is 27.7 Å². The highest BCUT2D eigenvalue weighted by molar-refractivity contribution is 7.80. The molecule has 10 nitrogen and oxygen atoms in total. The number of carbonyl (C=O) groups excluding carboxylic acids is 3. The molecule has 0 radical (unpaired) electrons. The largest absolute Gasteiger partial charge is 0.504 e. The molecule has 3 aromatic carbocycles. The van der Waals surface area contributed by atoms with Crippen LogP contribution in [0.3, 0.4) is 0 Å². The number of ether oxygens (including phenoxy) is 1. The van der Waals surface area contributed by atoms with Gasteiger partial charge in [0.2, 0.25) is 17.7 Å². The van der Waals surface area contributed by atoms with Crippen molar-refractivity contribution in [3.63, 3.8) is 0 Å². The van der Waals surface area contributed by atoms with E-state index in [4.69, 9.17) is 17.0 Å². The van der Waals surface area contributed by atoms with Gasteiger partial charge in [0.15, 0.2) is 11.5 Å². The summed E-state index contributed by atoms with van der Waals surface area (Å²) in [5.74, 6) is -2.66. The summed E-state index contributed by atoms with van der Waals surface area (Å²) in [5.41, 5.74) is -1.11. The molecule has 0 saturated carbocycles. The number of thiocarbonyl (C=S) groups is 1. The van der Waals surface area contributed by atoms with E-state index in [1.165, 1.54) is 56.3 Å². The lowest BCUT2D eigenvalue weighted by Crippen LogP contribution is -2.65. The zero-order valence-corrected chi connectivity index (χ0v) is 34.9. The zero-order valence-electron chi connectivity index (χ0n) is 34.1. The second-order valence-electron chi connectivity index (χ2n) is 13.9. The van der Waals surface area contributed by atoms with Crippen LogP contribution in [0.2, 0.25) is 0 Å². The fraction of sp³-hybridized carbons (Fsp3) is 0.442. The molecule has 0 aliphatic heterocycles. The van der Waals surface area contributed by atoms with Crippen molar-refractivity contribution in [2.45, 2.75) is 104 Å². The SMILES string of the molecule is CC.CCCC.CC[C@H](C)C(NC(=O)[C@@]1(NC(=O)CNC(=O)Cc2ccccc2F)CCc2[nH]c3c(C(F)(F)F)cccc3c2C1)C(=S)Nc1ccc(OC)c(O)c1. The van der Waals surface area contributed by atoms with Gasteiger partial charge in [0.1, 0.15) is 16.3 Å². The topological polar surface area (TPSA) is 145 Å². The van der Waals surface area contributed by atoms with Crippen molar-refractivity contribution in [2.24, 2.45) is 5.92 Å². The first-order chi connectivity index (χ1) is 27.6. The van der Waals surface area contributed by atoms with E-state index < -0.39 is 53.4 Å². The average molecular weight is 830 g/mol. The van der Waals surface area contributed by atoms with Crippen molar-refractivity contribution in [2.75, 3.05) is 19.0 Å². The minimum absolute atomic E-state index is 0.00862. The Morgan fingerprint density at radius 3 is 2.29 bits per heavy atom. The van der Waals surface area contributed by atoms with E-state index in [-0.39, 0.29) is 64.6 Å². The molecule has 15 heteroatoms. The van der Waals surface area contributed by atoms with Crippen LogP contribution in [-0.2, 0) is 39.8 Å². The summed E-state index contributed by atoms with van der Waals surface area (Å²) in [7, 11) is 1.41. The first kappa shape index (κ1) is 47.2. The van der Waals surface area contributed by atoms with Crippen LogP contribution in [0.25, 0.3) is 10.9 Å². The molecule has 5 rings (SSSR count). The van der Waals surface area contributed by atoms with Crippen molar-refractivity contribution >= 4 is 51.5 Å². The van der Waals surface area contributed by atoms with E-state index in [9.17, 15) is 37.1 Å². The minimum atomic E-state index is -4.64. The summed E-state index contributed by atoms with van der Waals surface area (Å²) in [6.45, 7) is 11.6. The molecule has 1 heterocycles.